The van der Waals surface area contributed by atoms with Crippen LogP contribution in [0.3, 0.4) is 0 Å². The number of carbonyl (C=O) groups excluding carboxylic acids is 1. The van der Waals surface area contributed by atoms with Crippen molar-refractivity contribution in [1.82, 2.24) is 4.90 Å². The van der Waals surface area contributed by atoms with E-state index in [9.17, 15) is 4.79 Å². The molecule has 0 aromatic heterocycles. The summed E-state index contributed by atoms with van der Waals surface area (Å²) < 4.78 is 4.70. The van der Waals surface area contributed by atoms with E-state index in [2.05, 4.69) is 11.8 Å². The fourth-order valence-corrected chi connectivity index (χ4v) is 0.813. The monoisotopic (exact) mass is 155 g/mol. The molecule has 0 radical (unpaired) electrons. The number of ether oxygens (including phenoxy) is 1. The van der Waals surface area contributed by atoms with Crippen molar-refractivity contribution in [1.29, 1.82) is 0 Å². The molecule has 0 N–H and O–H groups in total. The molecule has 1 unspecified atom stereocenters. The van der Waals surface area contributed by atoms with Crippen molar-refractivity contribution in [3.05, 3.63) is 12.3 Å². The Hall–Kier alpha value is -0.990. The standard InChI is InChI=1S/C8H13NO2/c1-3-11-8(10)4-5-9-6-7(9)2/h4-5,7H,3,6H2,1-2H3. The summed E-state index contributed by atoms with van der Waals surface area (Å²) in [5.74, 6) is -0.258. The van der Waals surface area contributed by atoms with Gasteiger partial charge in [-0.05, 0) is 13.8 Å². The van der Waals surface area contributed by atoms with E-state index >= 15 is 0 Å². The highest BCUT2D eigenvalue weighted by Crippen LogP contribution is 2.15. The van der Waals surface area contributed by atoms with Gasteiger partial charge in [0.05, 0.1) is 6.61 Å². The molecule has 0 aliphatic carbocycles. The maximum absolute atomic E-state index is 10.7. The Kier molecular flexibility index (Phi) is 2.52. The van der Waals surface area contributed by atoms with Gasteiger partial charge in [0.1, 0.15) is 0 Å². The molecule has 0 amide bonds. The van der Waals surface area contributed by atoms with Crippen LogP contribution in [-0.2, 0) is 9.53 Å². The lowest BCUT2D eigenvalue weighted by atomic mass is 10.6. The van der Waals surface area contributed by atoms with Crippen LogP contribution in [0.4, 0.5) is 0 Å². The molecular weight excluding hydrogens is 142 g/mol. The normalized spacial score (nSPS) is 22.4. The fourth-order valence-electron chi connectivity index (χ4n) is 0.813. The molecule has 0 aromatic rings. The second kappa shape index (κ2) is 3.42. The fraction of sp³-hybridized carbons (Fsp3) is 0.625. The first-order valence-corrected chi connectivity index (χ1v) is 3.84. The summed E-state index contributed by atoms with van der Waals surface area (Å²) in [6, 6.07) is 0.598. The van der Waals surface area contributed by atoms with E-state index in [-0.39, 0.29) is 5.97 Å². The third-order valence-electron chi connectivity index (χ3n) is 1.60. The highest BCUT2D eigenvalue weighted by Gasteiger charge is 2.24. The molecule has 1 aliphatic rings. The minimum atomic E-state index is -0.258. The van der Waals surface area contributed by atoms with Crippen molar-refractivity contribution in [3.8, 4) is 0 Å². The van der Waals surface area contributed by atoms with E-state index in [0.29, 0.717) is 12.6 Å². The molecule has 1 heterocycles. The molecular formula is C8H13NO2. The molecule has 1 rings (SSSR count). The first-order valence-electron chi connectivity index (χ1n) is 3.84. The van der Waals surface area contributed by atoms with E-state index < -0.39 is 0 Å². The second-order valence-electron chi connectivity index (χ2n) is 2.61. The predicted octanol–water partition coefficient (Wildman–Crippen LogP) is 0.767. The number of nitrogens with zero attached hydrogens (tertiary/aromatic N) is 1. The largest absolute Gasteiger partial charge is 0.463 e. The zero-order valence-corrected chi connectivity index (χ0v) is 6.91. The molecule has 1 atom stereocenters. The second-order valence-corrected chi connectivity index (χ2v) is 2.61. The summed E-state index contributed by atoms with van der Waals surface area (Å²) in [5, 5.41) is 0. The third-order valence-corrected chi connectivity index (χ3v) is 1.60. The van der Waals surface area contributed by atoms with Crippen LogP contribution in [0.2, 0.25) is 0 Å². The van der Waals surface area contributed by atoms with Crippen molar-refractivity contribution >= 4 is 5.97 Å². The van der Waals surface area contributed by atoms with Gasteiger partial charge in [-0.3, -0.25) is 0 Å². The van der Waals surface area contributed by atoms with Crippen LogP contribution in [0.15, 0.2) is 12.3 Å². The van der Waals surface area contributed by atoms with Gasteiger partial charge in [-0.25, -0.2) is 4.79 Å². The Morgan fingerprint density at radius 2 is 2.45 bits per heavy atom. The van der Waals surface area contributed by atoms with Crippen molar-refractivity contribution in [2.24, 2.45) is 0 Å². The summed E-state index contributed by atoms with van der Waals surface area (Å²) in [6.45, 7) is 5.40. The summed E-state index contributed by atoms with van der Waals surface area (Å²) >= 11 is 0. The third kappa shape index (κ3) is 2.62. The number of hydrogen-bond acceptors (Lipinski definition) is 3. The first kappa shape index (κ1) is 8.11. The van der Waals surface area contributed by atoms with E-state index in [1.165, 1.54) is 6.08 Å². The molecule has 0 saturated carbocycles. The number of hydrogen-bond donors (Lipinski definition) is 0. The van der Waals surface area contributed by atoms with Crippen LogP contribution in [0.1, 0.15) is 13.8 Å². The first-order chi connectivity index (χ1) is 5.24. The number of rotatable bonds is 3. The van der Waals surface area contributed by atoms with Gasteiger partial charge in [0, 0.05) is 24.9 Å². The van der Waals surface area contributed by atoms with Crippen LogP contribution >= 0.6 is 0 Å². The molecule has 1 aliphatic heterocycles. The quantitative estimate of drug-likeness (QED) is 0.342. The Bertz CT molecular complexity index is 177. The van der Waals surface area contributed by atoms with Gasteiger partial charge >= 0.3 is 5.97 Å². The van der Waals surface area contributed by atoms with E-state index in [0.717, 1.165) is 6.54 Å². The molecule has 3 nitrogen and oxygen atoms in total. The highest BCUT2D eigenvalue weighted by molar-refractivity contribution is 5.81. The molecule has 62 valence electrons. The minimum Gasteiger partial charge on any atom is -0.463 e. The molecule has 3 heteroatoms. The van der Waals surface area contributed by atoms with Crippen LogP contribution in [-0.4, -0.2) is 30.1 Å². The summed E-state index contributed by atoms with van der Waals surface area (Å²) in [5.41, 5.74) is 0. The van der Waals surface area contributed by atoms with Crippen molar-refractivity contribution in [2.75, 3.05) is 13.2 Å². The van der Waals surface area contributed by atoms with Gasteiger partial charge in [0.25, 0.3) is 0 Å². The Labute approximate surface area is 66.6 Å². The Morgan fingerprint density at radius 3 is 2.91 bits per heavy atom. The lowest BCUT2D eigenvalue weighted by Crippen LogP contribution is -2.00. The zero-order chi connectivity index (χ0) is 8.27. The SMILES string of the molecule is CCOC(=O)C=CN1CC1C. The summed E-state index contributed by atoms with van der Waals surface area (Å²) in [7, 11) is 0. The Morgan fingerprint density at radius 1 is 1.82 bits per heavy atom. The van der Waals surface area contributed by atoms with Gasteiger partial charge < -0.3 is 9.64 Å². The molecule has 11 heavy (non-hydrogen) atoms. The topological polar surface area (TPSA) is 29.3 Å². The molecule has 0 spiro atoms. The average molecular weight is 155 g/mol. The number of esters is 1. The maximum atomic E-state index is 10.7. The van der Waals surface area contributed by atoms with Crippen LogP contribution in [0.5, 0.6) is 0 Å². The molecule has 1 fully saturated rings. The van der Waals surface area contributed by atoms with Gasteiger partial charge in [-0.1, -0.05) is 0 Å². The average Bonchev–Trinajstić information content (AvgIpc) is 2.63. The predicted molar refractivity (Wildman–Crippen MR) is 41.9 cm³/mol. The smallest absolute Gasteiger partial charge is 0.332 e. The van der Waals surface area contributed by atoms with Gasteiger partial charge in [0.2, 0.25) is 0 Å². The molecule has 0 bridgehead atoms. The number of carbonyl (C=O) groups is 1. The van der Waals surface area contributed by atoms with Gasteiger partial charge in [0.15, 0.2) is 0 Å². The Balaban J connectivity index is 2.18. The van der Waals surface area contributed by atoms with E-state index in [1.807, 2.05) is 0 Å². The molecule has 1 saturated heterocycles. The van der Waals surface area contributed by atoms with Crippen molar-refractivity contribution < 1.29 is 9.53 Å². The van der Waals surface area contributed by atoms with Gasteiger partial charge in [-0.2, -0.15) is 0 Å². The minimum absolute atomic E-state index is 0.258. The van der Waals surface area contributed by atoms with E-state index in [4.69, 9.17) is 4.74 Å². The highest BCUT2D eigenvalue weighted by atomic mass is 16.5. The van der Waals surface area contributed by atoms with Crippen molar-refractivity contribution in [2.45, 2.75) is 19.9 Å². The lowest BCUT2D eigenvalue weighted by Gasteiger charge is -1.95. The van der Waals surface area contributed by atoms with Crippen LogP contribution in [0, 0.1) is 0 Å². The molecule has 0 aromatic carbocycles. The van der Waals surface area contributed by atoms with E-state index in [1.54, 1.807) is 13.1 Å². The maximum Gasteiger partial charge on any atom is 0.332 e. The van der Waals surface area contributed by atoms with Gasteiger partial charge in [-0.15, -0.1) is 0 Å². The summed E-state index contributed by atoms with van der Waals surface area (Å²) in [4.78, 5) is 12.8. The summed E-state index contributed by atoms with van der Waals surface area (Å²) in [6.07, 6.45) is 3.25. The van der Waals surface area contributed by atoms with Crippen molar-refractivity contribution in [3.63, 3.8) is 0 Å². The van der Waals surface area contributed by atoms with Crippen LogP contribution in [0.25, 0.3) is 0 Å². The van der Waals surface area contributed by atoms with Crippen LogP contribution < -0.4 is 0 Å². The lowest BCUT2D eigenvalue weighted by molar-refractivity contribution is -0.137. The zero-order valence-electron chi connectivity index (χ0n) is 6.91.